The summed E-state index contributed by atoms with van der Waals surface area (Å²) in [6.45, 7) is 0. The van der Waals surface area contributed by atoms with Crippen molar-refractivity contribution in [1.82, 2.24) is 0 Å². The molecule has 4 heteroatoms. The third-order valence-electron chi connectivity index (χ3n) is 4.84. The fourth-order valence-corrected chi connectivity index (χ4v) is 3.85. The standard InChI is InChI=1S/C19H16ClNO2/c20-13-7-4-11(5-8-13)18-15-3-1-2-14(15)16-10-12(19(22)23)6-9-17(16)21-18/h1-2,4-10,14-15,18,21H,3H2,(H,22,23)/t14-,15-,18-/m1/s1. The molecule has 0 radical (unpaired) electrons. The predicted octanol–water partition coefficient (Wildman–Crippen LogP) is 4.86. The van der Waals surface area contributed by atoms with Crippen LogP contribution in [-0.4, -0.2) is 11.1 Å². The van der Waals surface area contributed by atoms with E-state index in [4.69, 9.17) is 11.6 Å². The number of aromatic carboxylic acids is 1. The van der Waals surface area contributed by atoms with Crippen molar-refractivity contribution in [1.29, 1.82) is 0 Å². The van der Waals surface area contributed by atoms with Crippen LogP contribution in [0.2, 0.25) is 5.02 Å². The van der Waals surface area contributed by atoms with E-state index < -0.39 is 5.97 Å². The van der Waals surface area contributed by atoms with E-state index in [0.29, 0.717) is 11.5 Å². The highest BCUT2D eigenvalue weighted by Gasteiger charge is 2.38. The van der Waals surface area contributed by atoms with Crippen LogP contribution >= 0.6 is 11.6 Å². The fourth-order valence-electron chi connectivity index (χ4n) is 3.73. The Balaban J connectivity index is 1.77. The molecule has 0 aromatic heterocycles. The van der Waals surface area contributed by atoms with Gasteiger partial charge in [-0.3, -0.25) is 0 Å². The van der Waals surface area contributed by atoms with Gasteiger partial charge in [-0.25, -0.2) is 4.79 Å². The average molecular weight is 326 g/mol. The number of allylic oxidation sites excluding steroid dienone is 2. The van der Waals surface area contributed by atoms with Crippen LogP contribution in [0.3, 0.4) is 0 Å². The first-order valence-electron chi connectivity index (χ1n) is 7.69. The summed E-state index contributed by atoms with van der Waals surface area (Å²) in [5, 5.41) is 13.6. The van der Waals surface area contributed by atoms with Gasteiger partial charge in [0, 0.05) is 16.6 Å². The molecule has 23 heavy (non-hydrogen) atoms. The lowest BCUT2D eigenvalue weighted by molar-refractivity contribution is 0.0696. The lowest BCUT2D eigenvalue weighted by atomic mass is 9.76. The Morgan fingerprint density at radius 1 is 1.17 bits per heavy atom. The van der Waals surface area contributed by atoms with Gasteiger partial charge in [0.15, 0.2) is 0 Å². The molecule has 0 saturated heterocycles. The number of hydrogen-bond acceptors (Lipinski definition) is 2. The number of halogens is 1. The quantitative estimate of drug-likeness (QED) is 0.775. The second-order valence-electron chi connectivity index (χ2n) is 6.13. The summed E-state index contributed by atoms with van der Waals surface area (Å²) >= 11 is 6.00. The molecule has 3 nitrogen and oxygen atoms in total. The zero-order valence-corrected chi connectivity index (χ0v) is 13.1. The number of carboxylic acids is 1. The third-order valence-corrected chi connectivity index (χ3v) is 5.09. The summed E-state index contributed by atoms with van der Waals surface area (Å²) in [6.07, 6.45) is 5.39. The minimum Gasteiger partial charge on any atom is -0.478 e. The van der Waals surface area contributed by atoms with Crippen molar-refractivity contribution in [3.05, 3.63) is 76.3 Å². The van der Waals surface area contributed by atoms with Crippen molar-refractivity contribution >= 4 is 23.3 Å². The topological polar surface area (TPSA) is 49.3 Å². The molecule has 1 heterocycles. The molecule has 0 spiro atoms. The van der Waals surface area contributed by atoms with Gasteiger partial charge in [0.25, 0.3) is 0 Å². The van der Waals surface area contributed by atoms with Gasteiger partial charge in [-0.05, 0) is 53.8 Å². The van der Waals surface area contributed by atoms with Gasteiger partial charge < -0.3 is 10.4 Å². The van der Waals surface area contributed by atoms with Crippen LogP contribution in [0, 0.1) is 5.92 Å². The molecule has 1 aliphatic carbocycles. The highest BCUT2D eigenvalue weighted by Crippen LogP contribution is 2.49. The Labute approximate surface area is 139 Å². The van der Waals surface area contributed by atoms with Crippen molar-refractivity contribution in [2.24, 2.45) is 5.92 Å². The molecule has 0 unspecified atom stereocenters. The van der Waals surface area contributed by atoms with Crippen molar-refractivity contribution in [2.75, 3.05) is 5.32 Å². The average Bonchev–Trinajstić information content (AvgIpc) is 3.04. The van der Waals surface area contributed by atoms with E-state index in [2.05, 4.69) is 29.6 Å². The summed E-state index contributed by atoms with van der Waals surface area (Å²) in [5.41, 5.74) is 3.65. The first-order chi connectivity index (χ1) is 11.1. The van der Waals surface area contributed by atoms with Crippen LogP contribution < -0.4 is 5.32 Å². The maximum atomic E-state index is 11.2. The van der Waals surface area contributed by atoms with Crippen LogP contribution in [0.4, 0.5) is 5.69 Å². The lowest BCUT2D eigenvalue weighted by Gasteiger charge is -2.37. The van der Waals surface area contributed by atoms with Gasteiger partial charge in [-0.2, -0.15) is 0 Å². The summed E-state index contributed by atoms with van der Waals surface area (Å²) < 4.78 is 0. The molecular formula is C19H16ClNO2. The van der Waals surface area contributed by atoms with E-state index in [1.807, 2.05) is 18.2 Å². The second kappa shape index (κ2) is 5.43. The minimum atomic E-state index is -0.883. The first-order valence-corrected chi connectivity index (χ1v) is 8.07. The van der Waals surface area contributed by atoms with E-state index in [-0.39, 0.29) is 12.0 Å². The summed E-state index contributed by atoms with van der Waals surface area (Å²) in [7, 11) is 0. The molecule has 4 rings (SSSR count). The minimum absolute atomic E-state index is 0.204. The van der Waals surface area contributed by atoms with E-state index in [9.17, 15) is 9.90 Å². The Bertz CT molecular complexity index is 798. The molecule has 0 amide bonds. The Morgan fingerprint density at radius 2 is 1.96 bits per heavy atom. The zero-order valence-electron chi connectivity index (χ0n) is 12.4. The molecular weight excluding hydrogens is 310 g/mol. The number of carboxylic acid groups (broad SMARTS) is 1. The summed E-state index contributed by atoms with van der Waals surface area (Å²) in [4.78, 5) is 11.2. The Kier molecular flexibility index (Phi) is 3.38. The molecule has 116 valence electrons. The summed E-state index contributed by atoms with van der Waals surface area (Å²) in [6, 6.07) is 13.5. The molecule has 3 atom stereocenters. The molecule has 0 saturated carbocycles. The molecule has 2 N–H and O–H groups in total. The maximum absolute atomic E-state index is 11.2. The molecule has 2 aromatic rings. The number of fused-ring (bicyclic) bond motifs is 3. The molecule has 2 aromatic carbocycles. The van der Waals surface area contributed by atoms with Crippen LogP contribution in [0.15, 0.2) is 54.6 Å². The Hall–Kier alpha value is -2.26. The van der Waals surface area contributed by atoms with Gasteiger partial charge in [0.1, 0.15) is 0 Å². The van der Waals surface area contributed by atoms with E-state index in [1.54, 1.807) is 12.1 Å². The Morgan fingerprint density at radius 3 is 2.70 bits per heavy atom. The smallest absolute Gasteiger partial charge is 0.335 e. The second-order valence-corrected chi connectivity index (χ2v) is 6.57. The van der Waals surface area contributed by atoms with Crippen molar-refractivity contribution in [3.8, 4) is 0 Å². The van der Waals surface area contributed by atoms with Crippen LogP contribution in [-0.2, 0) is 0 Å². The molecule has 0 fully saturated rings. The highest BCUT2D eigenvalue weighted by atomic mass is 35.5. The van der Waals surface area contributed by atoms with Crippen LogP contribution in [0.5, 0.6) is 0 Å². The van der Waals surface area contributed by atoms with Crippen molar-refractivity contribution in [3.63, 3.8) is 0 Å². The lowest BCUT2D eigenvalue weighted by Crippen LogP contribution is -2.29. The monoisotopic (exact) mass is 325 g/mol. The maximum Gasteiger partial charge on any atom is 0.335 e. The number of nitrogens with one attached hydrogen (secondary N) is 1. The number of benzene rings is 2. The third kappa shape index (κ3) is 2.41. The SMILES string of the molecule is O=C(O)c1ccc2c(c1)[C@@H]1C=CC[C@H]1[C@@H](c1ccc(Cl)cc1)N2. The van der Waals surface area contributed by atoms with Gasteiger partial charge >= 0.3 is 5.97 Å². The van der Waals surface area contributed by atoms with Crippen LogP contribution in [0.1, 0.15) is 39.9 Å². The largest absolute Gasteiger partial charge is 0.478 e. The first kappa shape index (κ1) is 14.3. The normalized spacial score (nSPS) is 24.7. The van der Waals surface area contributed by atoms with Gasteiger partial charge in [-0.15, -0.1) is 0 Å². The van der Waals surface area contributed by atoms with E-state index >= 15 is 0 Å². The van der Waals surface area contributed by atoms with Crippen molar-refractivity contribution < 1.29 is 9.90 Å². The van der Waals surface area contributed by atoms with Gasteiger partial charge in [0.05, 0.1) is 11.6 Å². The molecule has 0 bridgehead atoms. The number of anilines is 1. The molecule has 1 aliphatic heterocycles. The van der Waals surface area contributed by atoms with Gasteiger partial charge in [0.2, 0.25) is 0 Å². The molecule has 2 aliphatic rings. The fraction of sp³-hybridized carbons (Fsp3) is 0.211. The highest BCUT2D eigenvalue weighted by molar-refractivity contribution is 6.30. The van der Waals surface area contributed by atoms with E-state index in [1.165, 1.54) is 5.56 Å². The van der Waals surface area contributed by atoms with Crippen molar-refractivity contribution in [2.45, 2.75) is 18.4 Å². The van der Waals surface area contributed by atoms with Gasteiger partial charge in [-0.1, -0.05) is 35.9 Å². The van der Waals surface area contributed by atoms with Crippen LogP contribution in [0.25, 0.3) is 0 Å². The summed E-state index contributed by atoms with van der Waals surface area (Å²) in [5.74, 6) is -0.231. The zero-order chi connectivity index (χ0) is 16.0. The number of carbonyl (C=O) groups is 1. The number of rotatable bonds is 2. The predicted molar refractivity (Wildman–Crippen MR) is 91.2 cm³/mol. The van der Waals surface area contributed by atoms with E-state index in [0.717, 1.165) is 22.7 Å². The number of hydrogen-bond donors (Lipinski definition) is 2.